The highest BCUT2D eigenvalue weighted by Gasteiger charge is 2.38. The van der Waals surface area contributed by atoms with E-state index in [9.17, 15) is 23.6 Å². The van der Waals surface area contributed by atoms with Crippen LogP contribution in [-0.4, -0.2) is 52.6 Å². The Morgan fingerprint density at radius 2 is 1.33 bits per heavy atom. The summed E-state index contributed by atoms with van der Waals surface area (Å²) in [6.45, 7) is 6.38. The second kappa shape index (κ2) is 19.5. The van der Waals surface area contributed by atoms with Gasteiger partial charge in [-0.25, -0.2) is 18.4 Å². The van der Waals surface area contributed by atoms with Crippen LogP contribution in [0.25, 0.3) is 11.1 Å². The third-order valence-electron chi connectivity index (χ3n) is 9.17. The van der Waals surface area contributed by atoms with Gasteiger partial charge in [0.2, 0.25) is 0 Å². The summed E-state index contributed by atoms with van der Waals surface area (Å²) >= 11 is 0. The predicted molar refractivity (Wildman–Crippen MR) is 210 cm³/mol. The minimum Gasteiger partial charge on any atom is -0.459 e. The van der Waals surface area contributed by atoms with E-state index < -0.39 is 59.7 Å². The first-order chi connectivity index (χ1) is 27.3. The molecule has 12 heteroatoms. The molecule has 57 heavy (non-hydrogen) atoms. The van der Waals surface area contributed by atoms with E-state index in [0.717, 1.165) is 34.9 Å². The highest BCUT2D eigenvalue weighted by atomic mass is 19.1. The first-order valence-corrected chi connectivity index (χ1v) is 18.6. The molecule has 0 unspecified atom stereocenters. The van der Waals surface area contributed by atoms with Crippen molar-refractivity contribution in [2.75, 3.05) is 13.2 Å². The van der Waals surface area contributed by atoms with Crippen LogP contribution < -0.4 is 5.32 Å². The van der Waals surface area contributed by atoms with Crippen molar-refractivity contribution in [2.24, 2.45) is 5.41 Å². The molecular weight excluding hydrogens is 733 g/mol. The van der Waals surface area contributed by atoms with Crippen molar-refractivity contribution in [3.63, 3.8) is 0 Å². The van der Waals surface area contributed by atoms with Gasteiger partial charge in [0.1, 0.15) is 30.9 Å². The van der Waals surface area contributed by atoms with E-state index in [-0.39, 0.29) is 31.7 Å². The molecule has 2 amide bonds. The number of ether oxygens (including phenoxy) is 3. The standard InChI is InChI=1S/C45H47F2N3O7/c1-31(51)55-30-41(52)50(23-22-39(43(53)56-28-33-16-10-6-11-17-33)48-44(54)57-29-34-18-12-7-13-19-34)42(45(2,3)4)40-24-35(37-25-36(46)20-21-38(37)47)27-49(40)26-32-14-8-5-9-15-32/h5-21,24-25,27,39,42H,22-23,26,28-30H2,1-4H3,(H,48,54)/t39-,42-/m0/s1. The first-order valence-electron chi connectivity index (χ1n) is 18.6. The molecule has 0 bridgehead atoms. The number of alkyl carbamates (subject to hydrolysis) is 1. The summed E-state index contributed by atoms with van der Waals surface area (Å²) in [6.07, 6.45) is 0.711. The van der Waals surface area contributed by atoms with Gasteiger partial charge in [-0.3, -0.25) is 9.59 Å². The molecule has 5 rings (SSSR count). The fourth-order valence-corrected chi connectivity index (χ4v) is 6.51. The number of aromatic nitrogens is 1. The van der Waals surface area contributed by atoms with Crippen molar-refractivity contribution in [2.45, 2.75) is 66.0 Å². The zero-order chi connectivity index (χ0) is 41.0. The van der Waals surface area contributed by atoms with E-state index in [1.807, 2.05) is 67.8 Å². The highest BCUT2D eigenvalue weighted by Crippen LogP contribution is 2.41. The van der Waals surface area contributed by atoms with E-state index in [1.54, 1.807) is 60.8 Å². The van der Waals surface area contributed by atoms with Crippen LogP contribution in [0.5, 0.6) is 0 Å². The summed E-state index contributed by atoms with van der Waals surface area (Å²) in [5.41, 5.74) is 2.62. The van der Waals surface area contributed by atoms with Crippen molar-refractivity contribution in [1.82, 2.24) is 14.8 Å². The molecule has 0 fully saturated rings. The third kappa shape index (κ3) is 12.1. The van der Waals surface area contributed by atoms with Crippen molar-refractivity contribution in [3.8, 4) is 11.1 Å². The molecule has 1 heterocycles. The zero-order valence-corrected chi connectivity index (χ0v) is 32.5. The lowest BCUT2D eigenvalue weighted by atomic mass is 9.82. The average Bonchev–Trinajstić information content (AvgIpc) is 3.59. The van der Waals surface area contributed by atoms with Crippen LogP contribution in [-0.2, 0) is 48.4 Å². The van der Waals surface area contributed by atoms with Crippen molar-refractivity contribution < 1.29 is 42.2 Å². The number of carbonyl (C=O) groups excluding carboxylic acids is 4. The molecule has 4 aromatic carbocycles. The van der Waals surface area contributed by atoms with Gasteiger partial charge in [0, 0.05) is 43.0 Å². The van der Waals surface area contributed by atoms with E-state index in [2.05, 4.69) is 5.32 Å². The molecule has 0 aliphatic rings. The first kappa shape index (κ1) is 41.9. The molecule has 298 valence electrons. The van der Waals surface area contributed by atoms with E-state index in [4.69, 9.17) is 14.2 Å². The maximum atomic E-state index is 15.3. The molecule has 1 aromatic heterocycles. The Labute approximate surface area is 331 Å². The molecule has 0 saturated carbocycles. The smallest absolute Gasteiger partial charge is 0.408 e. The minimum atomic E-state index is -1.27. The van der Waals surface area contributed by atoms with E-state index in [0.29, 0.717) is 17.8 Å². The Morgan fingerprint density at radius 3 is 1.91 bits per heavy atom. The van der Waals surface area contributed by atoms with Crippen molar-refractivity contribution >= 4 is 23.9 Å². The quantitative estimate of drug-likeness (QED) is 0.0790. The van der Waals surface area contributed by atoms with Gasteiger partial charge in [0.15, 0.2) is 6.61 Å². The number of nitrogens with one attached hydrogen (secondary N) is 1. The molecule has 0 aliphatic carbocycles. The van der Waals surface area contributed by atoms with Gasteiger partial charge in [0.25, 0.3) is 5.91 Å². The number of benzene rings is 4. The van der Waals surface area contributed by atoms with Crippen LogP contribution in [0.2, 0.25) is 0 Å². The van der Waals surface area contributed by atoms with Gasteiger partial charge in [-0.15, -0.1) is 0 Å². The fraction of sp³-hybridized carbons (Fsp3) is 0.289. The summed E-state index contributed by atoms with van der Waals surface area (Å²) in [5, 5.41) is 2.63. The monoisotopic (exact) mass is 779 g/mol. The average molecular weight is 780 g/mol. The number of esters is 2. The molecule has 5 aromatic rings. The Kier molecular flexibility index (Phi) is 14.3. The summed E-state index contributed by atoms with van der Waals surface area (Å²) < 4.78 is 47.9. The third-order valence-corrected chi connectivity index (χ3v) is 9.17. The summed E-state index contributed by atoms with van der Waals surface area (Å²) in [4.78, 5) is 54.5. The predicted octanol–water partition coefficient (Wildman–Crippen LogP) is 8.39. The number of amides is 2. The van der Waals surface area contributed by atoms with Gasteiger partial charge < -0.3 is 29.0 Å². The fourth-order valence-electron chi connectivity index (χ4n) is 6.51. The van der Waals surface area contributed by atoms with E-state index >= 15 is 4.39 Å². The normalized spacial score (nSPS) is 12.2. The Bertz CT molecular complexity index is 2120. The zero-order valence-electron chi connectivity index (χ0n) is 32.5. The lowest BCUT2D eigenvalue weighted by molar-refractivity contribution is -0.153. The topological polar surface area (TPSA) is 116 Å². The molecule has 0 radical (unpaired) electrons. The minimum absolute atomic E-state index is 0.0351. The number of carbonyl (C=O) groups is 4. The molecule has 0 aliphatic heterocycles. The highest BCUT2D eigenvalue weighted by molar-refractivity contribution is 5.82. The lowest BCUT2D eigenvalue weighted by Crippen LogP contribution is -2.48. The van der Waals surface area contributed by atoms with Gasteiger partial charge >= 0.3 is 18.0 Å². The van der Waals surface area contributed by atoms with Crippen LogP contribution in [0.4, 0.5) is 13.6 Å². The molecule has 0 spiro atoms. The van der Waals surface area contributed by atoms with Gasteiger partial charge in [-0.2, -0.15) is 0 Å². The molecule has 10 nitrogen and oxygen atoms in total. The van der Waals surface area contributed by atoms with Crippen LogP contribution >= 0.6 is 0 Å². The van der Waals surface area contributed by atoms with Crippen LogP contribution in [0.15, 0.2) is 121 Å². The number of hydrogen-bond donors (Lipinski definition) is 1. The summed E-state index contributed by atoms with van der Waals surface area (Å²) in [5.74, 6) is -3.26. The number of rotatable bonds is 16. The summed E-state index contributed by atoms with van der Waals surface area (Å²) in [7, 11) is 0. The van der Waals surface area contributed by atoms with E-state index in [1.165, 1.54) is 11.8 Å². The lowest BCUT2D eigenvalue weighted by Gasteiger charge is -2.41. The number of nitrogens with zero attached hydrogens (tertiary/aromatic N) is 2. The van der Waals surface area contributed by atoms with Crippen LogP contribution in [0.1, 0.15) is 62.5 Å². The van der Waals surface area contributed by atoms with Crippen molar-refractivity contribution in [1.29, 1.82) is 0 Å². The van der Waals surface area contributed by atoms with Gasteiger partial charge in [0.05, 0.1) is 6.04 Å². The van der Waals surface area contributed by atoms with Crippen LogP contribution in [0, 0.1) is 17.0 Å². The van der Waals surface area contributed by atoms with Gasteiger partial charge in [-0.1, -0.05) is 112 Å². The maximum Gasteiger partial charge on any atom is 0.408 e. The van der Waals surface area contributed by atoms with Crippen molar-refractivity contribution in [3.05, 3.63) is 155 Å². The Balaban J connectivity index is 1.52. The SMILES string of the molecule is CC(=O)OCC(=O)N(CC[C@H](NC(=O)OCc1ccccc1)C(=O)OCc1ccccc1)[C@@H](c1cc(-c2cc(F)ccc2F)cn1Cc1ccccc1)C(C)(C)C. The van der Waals surface area contributed by atoms with Crippen LogP contribution in [0.3, 0.4) is 0 Å². The summed E-state index contributed by atoms with van der Waals surface area (Å²) in [6, 6.07) is 30.4. The molecular formula is C45H47F2N3O7. The Morgan fingerprint density at radius 1 is 0.754 bits per heavy atom. The second-order valence-corrected chi connectivity index (χ2v) is 14.7. The molecule has 1 N–H and O–H groups in total. The maximum absolute atomic E-state index is 15.3. The Hall–Kier alpha value is -6.30. The largest absolute Gasteiger partial charge is 0.459 e. The number of hydrogen-bond acceptors (Lipinski definition) is 7. The second-order valence-electron chi connectivity index (χ2n) is 14.7. The number of halogens is 2. The van der Waals surface area contributed by atoms with Gasteiger partial charge in [-0.05, 0) is 52.8 Å². The molecule has 2 atom stereocenters. The molecule has 0 saturated heterocycles.